The van der Waals surface area contributed by atoms with Crippen LogP contribution in [0.2, 0.25) is 0 Å². The molecule has 0 aromatic rings. The average Bonchev–Trinajstić information content (AvgIpc) is 2.80. The number of nitrogens with zero attached hydrogens (tertiary/aromatic N) is 1. The second kappa shape index (κ2) is 6.35. The number of rotatable bonds is 5. The second-order valence-electron chi connectivity index (χ2n) is 5.80. The molecule has 1 N–H and O–H groups in total. The molecule has 0 aromatic heterocycles. The molecule has 2 atom stereocenters. The Hall–Kier alpha value is -0.130. The van der Waals surface area contributed by atoms with Crippen molar-refractivity contribution < 1.29 is 8.42 Å². The number of nitrogens with one attached hydrogen (secondary N) is 1. The first-order valence-corrected chi connectivity index (χ1v) is 8.97. The second-order valence-corrected chi connectivity index (χ2v) is 8.20. The predicted octanol–water partition coefficient (Wildman–Crippen LogP) is 1.03. The Morgan fingerprint density at radius 1 is 1.22 bits per heavy atom. The summed E-state index contributed by atoms with van der Waals surface area (Å²) in [5.41, 5.74) is 0. The van der Waals surface area contributed by atoms with E-state index in [9.17, 15) is 8.42 Å². The first-order valence-electron chi connectivity index (χ1n) is 7.25. The molecule has 2 saturated heterocycles. The highest BCUT2D eigenvalue weighted by molar-refractivity contribution is 7.92. The molecule has 18 heavy (non-hydrogen) atoms. The Morgan fingerprint density at radius 2 is 1.94 bits per heavy atom. The van der Waals surface area contributed by atoms with Gasteiger partial charge < -0.3 is 10.2 Å². The van der Waals surface area contributed by atoms with E-state index in [1.807, 2.05) is 0 Å². The first-order chi connectivity index (χ1) is 8.58. The third-order valence-electron chi connectivity index (χ3n) is 4.14. The number of likely N-dealkylation sites (tertiary alicyclic amines) is 1. The van der Waals surface area contributed by atoms with Gasteiger partial charge in [0.1, 0.15) is 0 Å². The predicted molar refractivity (Wildman–Crippen MR) is 74.6 cm³/mol. The molecule has 0 saturated carbocycles. The topological polar surface area (TPSA) is 49.4 Å². The van der Waals surface area contributed by atoms with Crippen LogP contribution >= 0.6 is 0 Å². The maximum absolute atomic E-state index is 11.9. The number of sulfone groups is 1. The van der Waals surface area contributed by atoms with Crippen LogP contribution in [0.5, 0.6) is 0 Å². The Morgan fingerprint density at radius 3 is 2.61 bits per heavy atom. The summed E-state index contributed by atoms with van der Waals surface area (Å²) in [7, 11) is -2.82. The van der Waals surface area contributed by atoms with Gasteiger partial charge in [0.2, 0.25) is 0 Å². The van der Waals surface area contributed by atoms with Crippen LogP contribution in [0.4, 0.5) is 0 Å². The van der Waals surface area contributed by atoms with E-state index in [1.54, 1.807) is 0 Å². The molecule has 2 aliphatic rings. The van der Waals surface area contributed by atoms with E-state index in [4.69, 9.17) is 0 Å². The highest BCUT2D eigenvalue weighted by Crippen LogP contribution is 2.19. The van der Waals surface area contributed by atoms with Crippen molar-refractivity contribution in [1.29, 1.82) is 0 Å². The molecular weight excluding hydrogens is 248 g/mol. The molecule has 0 aliphatic carbocycles. The van der Waals surface area contributed by atoms with Crippen molar-refractivity contribution >= 4 is 9.84 Å². The number of hydrogen-bond acceptors (Lipinski definition) is 4. The van der Waals surface area contributed by atoms with Gasteiger partial charge in [-0.15, -0.1) is 0 Å². The first kappa shape index (κ1) is 14.3. The zero-order chi connectivity index (χ0) is 13.0. The van der Waals surface area contributed by atoms with E-state index < -0.39 is 9.84 Å². The van der Waals surface area contributed by atoms with Crippen LogP contribution in [0.15, 0.2) is 0 Å². The molecule has 2 heterocycles. The van der Waals surface area contributed by atoms with E-state index in [2.05, 4.69) is 17.1 Å². The van der Waals surface area contributed by atoms with Gasteiger partial charge in [0.15, 0.2) is 9.84 Å². The van der Waals surface area contributed by atoms with Crippen molar-refractivity contribution in [3.8, 4) is 0 Å². The minimum Gasteiger partial charge on any atom is -0.312 e. The van der Waals surface area contributed by atoms with Gasteiger partial charge in [0.05, 0.1) is 11.0 Å². The van der Waals surface area contributed by atoms with E-state index >= 15 is 0 Å². The Bertz CT molecular complexity index is 350. The lowest BCUT2D eigenvalue weighted by atomic mass is 10.2. The molecule has 4 nitrogen and oxygen atoms in total. The molecule has 2 rings (SSSR count). The van der Waals surface area contributed by atoms with Gasteiger partial charge in [-0.2, -0.15) is 0 Å². The minimum atomic E-state index is -2.82. The summed E-state index contributed by atoms with van der Waals surface area (Å²) in [5.74, 6) is 0.389. The summed E-state index contributed by atoms with van der Waals surface area (Å²) in [5, 5.41) is 3.27. The minimum absolute atomic E-state index is 0.146. The third-order valence-corrected chi connectivity index (χ3v) is 6.41. The summed E-state index contributed by atoms with van der Waals surface area (Å²) in [6, 6.07) is 0.389. The van der Waals surface area contributed by atoms with E-state index in [1.165, 1.54) is 25.9 Å². The van der Waals surface area contributed by atoms with Gasteiger partial charge in [-0.3, -0.25) is 0 Å². The zero-order valence-electron chi connectivity index (χ0n) is 11.4. The fourth-order valence-corrected chi connectivity index (χ4v) is 4.82. The molecule has 2 fully saturated rings. The lowest BCUT2D eigenvalue weighted by molar-refractivity contribution is 0.298. The van der Waals surface area contributed by atoms with Crippen LogP contribution in [0.25, 0.3) is 0 Å². The van der Waals surface area contributed by atoms with Crippen molar-refractivity contribution in [2.24, 2.45) is 0 Å². The lowest BCUT2D eigenvalue weighted by Crippen LogP contribution is -2.44. The van der Waals surface area contributed by atoms with E-state index in [0.29, 0.717) is 18.3 Å². The molecule has 0 aromatic carbocycles. The van der Waals surface area contributed by atoms with Crippen LogP contribution in [-0.4, -0.2) is 56.5 Å². The van der Waals surface area contributed by atoms with Gasteiger partial charge in [-0.25, -0.2) is 8.42 Å². The molecule has 0 radical (unpaired) electrons. The summed E-state index contributed by atoms with van der Waals surface area (Å²) < 4.78 is 23.8. The highest BCUT2D eigenvalue weighted by atomic mass is 32.2. The molecular formula is C13H26N2O2S. The van der Waals surface area contributed by atoms with Gasteiger partial charge in [0, 0.05) is 19.1 Å². The summed E-state index contributed by atoms with van der Waals surface area (Å²) in [6.45, 7) is 6.25. The smallest absolute Gasteiger partial charge is 0.154 e. The summed E-state index contributed by atoms with van der Waals surface area (Å²) >= 11 is 0. The van der Waals surface area contributed by atoms with Crippen molar-refractivity contribution in [3.05, 3.63) is 0 Å². The van der Waals surface area contributed by atoms with Gasteiger partial charge in [0.25, 0.3) is 0 Å². The molecule has 5 heteroatoms. The largest absolute Gasteiger partial charge is 0.312 e. The molecule has 0 bridgehead atoms. The van der Waals surface area contributed by atoms with Crippen LogP contribution in [0.1, 0.15) is 39.0 Å². The summed E-state index contributed by atoms with van der Waals surface area (Å²) in [6.07, 6.45) is 5.37. The highest BCUT2D eigenvalue weighted by Gasteiger charge is 2.28. The maximum Gasteiger partial charge on any atom is 0.154 e. The third kappa shape index (κ3) is 3.93. The average molecular weight is 274 g/mol. The van der Waals surface area contributed by atoms with E-state index in [0.717, 1.165) is 25.8 Å². The zero-order valence-corrected chi connectivity index (χ0v) is 12.2. The molecule has 106 valence electrons. The normalized spacial score (nSPS) is 30.4. The fraction of sp³-hybridized carbons (Fsp3) is 1.00. The van der Waals surface area contributed by atoms with Crippen LogP contribution in [-0.2, 0) is 9.84 Å². The fourth-order valence-electron chi connectivity index (χ4n) is 3.00. The quantitative estimate of drug-likeness (QED) is 0.813. The molecule has 0 spiro atoms. The number of hydrogen-bond donors (Lipinski definition) is 1. The lowest BCUT2D eigenvalue weighted by Gasteiger charge is -2.26. The molecule has 0 amide bonds. The van der Waals surface area contributed by atoms with Gasteiger partial charge in [-0.05, 0) is 45.7 Å². The van der Waals surface area contributed by atoms with Gasteiger partial charge in [-0.1, -0.05) is 6.42 Å². The van der Waals surface area contributed by atoms with Crippen LogP contribution in [0, 0.1) is 0 Å². The standard InChI is InChI=1S/C13H26N2O2S/c1-12(11-15-7-3-4-8-15)14-10-13-6-2-5-9-18(13,16)17/h12-14H,2-11H2,1H3. The molecule has 2 unspecified atom stereocenters. The van der Waals surface area contributed by atoms with Crippen LogP contribution < -0.4 is 5.32 Å². The van der Waals surface area contributed by atoms with Crippen molar-refractivity contribution in [1.82, 2.24) is 10.2 Å². The van der Waals surface area contributed by atoms with Gasteiger partial charge >= 0.3 is 0 Å². The SMILES string of the molecule is CC(CN1CCCC1)NCC1CCCCS1(=O)=O. The monoisotopic (exact) mass is 274 g/mol. The van der Waals surface area contributed by atoms with Crippen molar-refractivity contribution in [3.63, 3.8) is 0 Å². The summed E-state index contributed by atoms with van der Waals surface area (Å²) in [4.78, 5) is 2.47. The van der Waals surface area contributed by atoms with Crippen LogP contribution in [0.3, 0.4) is 0 Å². The van der Waals surface area contributed by atoms with E-state index in [-0.39, 0.29) is 5.25 Å². The maximum atomic E-state index is 11.9. The Labute approximate surface area is 111 Å². The van der Waals surface area contributed by atoms with Crippen molar-refractivity contribution in [2.75, 3.05) is 31.9 Å². The Kier molecular flexibility index (Phi) is 5.04. The Balaban J connectivity index is 1.72. The van der Waals surface area contributed by atoms with Crippen molar-refractivity contribution in [2.45, 2.75) is 50.3 Å². The molecule has 2 aliphatic heterocycles.